The minimum absolute atomic E-state index is 0.481. The first-order valence-electron chi connectivity index (χ1n) is 7.64. The largest absolute Gasteiger partial charge is 0.377 e. The molecule has 0 radical (unpaired) electrons. The van der Waals surface area contributed by atoms with Crippen LogP contribution in [0.25, 0.3) is 0 Å². The molecule has 2 heteroatoms. The molecular weight excluding hydrogens is 210 g/mol. The van der Waals surface area contributed by atoms with Crippen molar-refractivity contribution in [3.8, 4) is 0 Å². The van der Waals surface area contributed by atoms with Gasteiger partial charge >= 0.3 is 0 Å². The summed E-state index contributed by atoms with van der Waals surface area (Å²) in [7, 11) is 2.12. The Morgan fingerprint density at radius 2 is 2.06 bits per heavy atom. The zero-order chi connectivity index (χ0) is 12.1. The first-order valence-corrected chi connectivity index (χ1v) is 7.64. The number of hydrogen-bond acceptors (Lipinski definition) is 2. The number of rotatable bonds is 4. The van der Waals surface area contributed by atoms with Gasteiger partial charge in [0.05, 0.1) is 6.10 Å². The summed E-state index contributed by atoms with van der Waals surface area (Å²) in [5, 5.41) is 3.56. The van der Waals surface area contributed by atoms with Crippen molar-refractivity contribution in [2.75, 3.05) is 13.7 Å². The summed E-state index contributed by atoms with van der Waals surface area (Å²) < 4.78 is 5.99. The van der Waals surface area contributed by atoms with Crippen molar-refractivity contribution >= 4 is 0 Å². The van der Waals surface area contributed by atoms with Gasteiger partial charge < -0.3 is 10.1 Å². The summed E-state index contributed by atoms with van der Waals surface area (Å²) in [5.41, 5.74) is 0. The Morgan fingerprint density at radius 1 is 1.18 bits per heavy atom. The topological polar surface area (TPSA) is 21.3 Å². The van der Waals surface area contributed by atoms with Crippen LogP contribution in [0.3, 0.4) is 0 Å². The quantitative estimate of drug-likeness (QED) is 0.812. The maximum Gasteiger partial charge on any atom is 0.0730 e. The van der Waals surface area contributed by atoms with Gasteiger partial charge in [-0.15, -0.1) is 0 Å². The third-order valence-electron chi connectivity index (χ3n) is 4.86. The van der Waals surface area contributed by atoms with E-state index in [1.54, 1.807) is 0 Å². The predicted octanol–water partition coefficient (Wildman–Crippen LogP) is 3.36. The molecule has 100 valence electrons. The van der Waals surface area contributed by atoms with Crippen molar-refractivity contribution in [3.63, 3.8) is 0 Å². The van der Waals surface area contributed by atoms with Crippen LogP contribution >= 0.6 is 0 Å². The van der Waals surface area contributed by atoms with Crippen molar-refractivity contribution < 1.29 is 4.74 Å². The molecule has 1 heterocycles. The van der Waals surface area contributed by atoms with Crippen molar-refractivity contribution in [2.24, 2.45) is 11.8 Å². The molecule has 2 fully saturated rings. The fourth-order valence-electron chi connectivity index (χ4n) is 3.80. The van der Waals surface area contributed by atoms with Crippen molar-refractivity contribution in [2.45, 2.75) is 70.4 Å². The zero-order valence-electron chi connectivity index (χ0n) is 11.6. The highest BCUT2D eigenvalue weighted by atomic mass is 16.5. The number of likely N-dealkylation sites (N-methyl/N-ethyl adjacent to an activating group) is 1. The van der Waals surface area contributed by atoms with Gasteiger partial charge in [0.15, 0.2) is 0 Å². The number of nitrogens with one attached hydrogen (secondary N) is 1. The Kier molecular flexibility index (Phi) is 5.30. The highest BCUT2D eigenvalue weighted by molar-refractivity contribution is 4.88. The van der Waals surface area contributed by atoms with E-state index >= 15 is 0 Å². The molecule has 0 amide bonds. The maximum atomic E-state index is 5.99. The van der Waals surface area contributed by atoms with Crippen LogP contribution < -0.4 is 5.32 Å². The molecule has 2 nitrogen and oxygen atoms in total. The molecule has 1 aliphatic carbocycles. The summed E-state index contributed by atoms with van der Waals surface area (Å²) in [4.78, 5) is 0. The maximum absolute atomic E-state index is 5.99. The fourth-order valence-corrected chi connectivity index (χ4v) is 3.80. The second-order valence-electron chi connectivity index (χ2n) is 5.92. The molecule has 0 aromatic heterocycles. The van der Waals surface area contributed by atoms with E-state index < -0.39 is 0 Å². The van der Waals surface area contributed by atoms with E-state index in [1.165, 1.54) is 51.4 Å². The fraction of sp³-hybridized carbons (Fsp3) is 1.00. The predicted molar refractivity (Wildman–Crippen MR) is 72.2 cm³/mol. The van der Waals surface area contributed by atoms with E-state index in [-0.39, 0.29) is 0 Å². The molecular formula is C15H29NO. The van der Waals surface area contributed by atoms with Gasteiger partial charge in [0.25, 0.3) is 0 Å². The van der Waals surface area contributed by atoms with Gasteiger partial charge in [-0.3, -0.25) is 0 Å². The summed E-state index contributed by atoms with van der Waals surface area (Å²) in [6.07, 6.45) is 11.4. The first kappa shape index (κ1) is 13.4. The lowest BCUT2D eigenvalue weighted by molar-refractivity contribution is -0.0261. The Labute approximate surface area is 107 Å². The highest BCUT2D eigenvalue weighted by Crippen LogP contribution is 2.35. The summed E-state index contributed by atoms with van der Waals surface area (Å²) in [6.45, 7) is 3.32. The molecule has 4 atom stereocenters. The van der Waals surface area contributed by atoms with Crippen LogP contribution in [0.2, 0.25) is 0 Å². The molecule has 0 spiro atoms. The van der Waals surface area contributed by atoms with Crippen molar-refractivity contribution in [3.05, 3.63) is 0 Å². The van der Waals surface area contributed by atoms with Crippen LogP contribution in [0.5, 0.6) is 0 Å². The molecule has 1 aliphatic heterocycles. The van der Waals surface area contributed by atoms with Gasteiger partial charge in [-0.2, -0.15) is 0 Å². The standard InChI is InChI=1S/C15H29NO/c1-3-12-7-6-8-13(11-12)15(16-2)14-9-4-5-10-17-14/h12-16H,3-11H2,1-2H3. The SMILES string of the molecule is CCC1CCCC(C(NC)C2CCCCO2)C1. The molecule has 0 bridgehead atoms. The normalized spacial score (nSPS) is 36.7. The second-order valence-corrected chi connectivity index (χ2v) is 5.92. The molecule has 0 aromatic rings. The van der Waals surface area contributed by atoms with Gasteiger partial charge in [0.2, 0.25) is 0 Å². The smallest absolute Gasteiger partial charge is 0.0730 e. The summed E-state index contributed by atoms with van der Waals surface area (Å²) in [6, 6.07) is 0.602. The van der Waals surface area contributed by atoms with E-state index in [1.807, 2.05) is 0 Å². The van der Waals surface area contributed by atoms with E-state index in [9.17, 15) is 0 Å². The third kappa shape index (κ3) is 3.45. The van der Waals surface area contributed by atoms with Crippen LogP contribution in [-0.4, -0.2) is 25.8 Å². The van der Waals surface area contributed by atoms with Gasteiger partial charge in [-0.25, -0.2) is 0 Å². The molecule has 1 saturated heterocycles. The Hall–Kier alpha value is -0.0800. The monoisotopic (exact) mass is 239 g/mol. The summed E-state index contributed by atoms with van der Waals surface area (Å²) in [5.74, 6) is 1.81. The summed E-state index contributed by atoms with van der Waals surface area (Å²) >= 11 is 0. The minimum Gasteiger partial charge on any atom is -0.377 e. The molecule has 0 aromatic carbocycles. The Balaban J connectivity index is 1.91. The molecule has 17 heavy (non-hydrogen) atoms. The van der Waals surface area contributed by atoms with Gasteiger partial charge in [-0.1, -0.05) is 26.2 Å². The zero-order valence-corrected chi connectivity index (χ0v) is 11.6. The van der Waals surface area contributed by atoms with Crippen LogP contribution in [0.1, 0.15) is 58.3 Å². The second kappa shape index (κ2) is 6.75. The van der Waals surface area contributed by atoms with Crippen LogP contribution in [0.4, 0.5) is 0 Å². The lowest BCUT2D eigenvalue weighted by atomic mass is 9.75. The number of ether oxygens (including phenoxy) is 1. The molecule has 1 saturated carbocycles. The Bertz CT molecular complexity index is 213. The molecule has 4 unspecified atom stereocenters. The average molecular weight is 239 g/mol. The minimum atomic E-state index is 0.481. The highest BCUT2D eigenvalue weighted by Gasteiger charge is 2.33. The number of hydrogen-bond donors (Lipinski definition) is 1. The third-order valence-corrected chi connectivity index (χ3v) is 4.86. The van der Waals surface area contributed by atoms with E-state index in [4.69, 9.17) is 4.74 Å². The Morgan fingerprint density at radius 3 is 2.71 bits per heavy atom. The molecule has 2 rings (SSSR count). The van der Waals surface area contributed by atoms with Crippen LogP contribution in [-0.2, 0) is 4.74 Å². The van der Waals surface area contributed by atoms with Gasteiger partial charge in [-0.05, 0) is 51.0 Å². The van der Waals surface area contributed by atoms with Crippen molar-refractivity contribution in [1.82, 2.24) is 5.32 Å². The van der Waals surface area contributed by atoms with Gasteiger partial charge in [0.1, 0.15) is 0 Å². The lowest BCUT2D eigenvalue weighted by Crippen LogP contribution is -2.47. The average Bonchev–Trinajstić information content (AvgIpc) is 2.41. The lowest BCUT2D eigenvalue weighted by Gasteiger charge is -2.39. The molecule has 1 N–H and O–H groups in total. The van der Waals surface area contributed by atoms with Crippen LogP contribution in [0, 0.1) is 11.8 Å². The van der Waals surface area contributed by atoms with E-state index in [2.05, 4.69) is 19.3 Å². The van der Waals surface area contributed by atoms with E-state index in [0.29, 0.717) is 12.1 Å². The molecule has 2 aliphatic rings. The first-order chi connectivity index (χ1) is 8.35. The van der Waals surface area contributed by atoms with Crippen LogP contribution in [0.15, 0.2) is 0 Å². The van der Waals surface area contributed by atoms with E-state index in [0.717, 1.165) is 18.4 Å². The van der Waals surface area contributed by atoms with Crippen molar-refractivity contribution in [1.29, 1.82) is 0 Å². The van der Waals surface area contributed by atoms with Gasteiger partial charge in [0, 0.05) is 12.6 Å².